The molecule has 20 heavy (non-hydrogen) atoms. The summed E-state index contributed by atoms with van der Waals surface area (Å²) in [6, 6.07) is 13.7. The van der Waals surface area contributed by atoms with Gasteiger partial charge in [0.05, 0.1) is 7.11 Å². The van der Waals surface area contributed by atoms with E-state index in [1.165, 1.54) is 5.56 Å². The van der Waals surface area contributed by atoms with Crippen molar-refractivity contribution in [1.29, 1.82) is 0 Å². The smallest absolute Gasteiger partial charge is 0.125 e. The minimum atomic E-state index is 0.465. The van der Waals surface area contributed by atoms with Crippen LogP contribution < -0.4 is 15.2 Å². The average molecular weight is 271 g/mol. The van der Waals surface area contributed by atoms with Gasteiger partial charge in [-0.1, -0.05) is 26.0 Å². The van der Waals surface area contributed by atoms with Crippen LogP contribution in [-0.4, -0.2) is 7.11 Å². The molecule has 0 atom stereocenters. The second kappa shape index (κ2) is 6.33. The molecule has 2 N–H and O–H groups in total. The van der Waals surface area contributed by atoms with Gasteiger partial charge in [-0.15, -0.1) is 0 Å². The predicted octanol–water partition coefficient (Wildman–Crippen LogP) is 3.98. The van der Waals surface area contributed by atoms with Crippen molar-refractivity contribution in [3.63, 3.8) is 0 Å². The summed E-state index contributed by atoms with van der Waals surface area (Å²) in [7, 11) is 1.67. The first-order chi connectivity index (χ1) is 9.60. The average Bonchev–Trinajstić information content (AvgIpc) is 2.44. The Bertz CT molecular complexity index is 579. The molecule has 0 aromatic heterocycles. The monoisotopic (exact) mass is 271 g/mol. The van der Waals surface area contributed by atoms with Crippen LogP contribution in [0.4, 0.5) is 5.69 Å². The van der Waals surface area contributed by atoms with Crippen molar-refractivity contribution in [3.8, 4) is 11.5 Å². The lowest BCUT2D eigenvalue weighted by molar-refractivity contribution is 0.296. The number of anilines is 1. The van der Waals surface area contributed by atoms with E-state index in [1.807, 2.05) is 30.3 Å². The third-order valence-electron chi connectivity index (χ3n) is 3.22. The van der Waals surface area contributed by atoms with Gasteiger partial charge in [0.1, 0.15) is 18.1 Å². The lowest BCUT2D eigenvalue weighted by atomic mass is 10.0. The number of rotatable bonds is 5. The summed E-state index contributed by atoms with van der Waals surface area (Å²) in [5, 5.41) is 0. The van der Waals surface area contributed by atoms with Crippen LogP contribution in [0.25, 0.3) is 0 Å². The fourth-order valence-electron chi connectivity index (χ4n) is 2.04. The molecule has 3 nitrogen and oxygen atoms in total. The Morgan fingerprint density at radius 1 is 1.10 bits per heavy atom. The summed E-state index contributed by atoms with van der Waals surface area (Å²) in [6.45, 7) is 4.81. The zero-order valence-electron chi connectivity index (χ0n) is 12.2. The largest absolute Gasteiger partial charge is 0.496 e. The van der Waals surface area contributed by atoms with E-state index < -0.39 is 0 Å². The zero-order valence-corrected chi connectivity index (χ0v) is 12.2. The van der Waals surface area contributed by atoms with Crippen molar-refractivity contribution >= 4 is 5.69 Å². The number of nitrogens with two attached hydrogens (primary N) is 1. The quantitative estimate of drug-likeness (QED) is 0.836. The number of nitrogen functional groups attached to an aromatic ring is 1. The van der Waals surface area contributed by atoms with E-state index in [1.54, 1.807) is 7.11 Å². The first-order valence-electron chi connectivity index (χ1n) is 6.75. The first kappa shape index (κ1) is 14.3. The van der Waals surface area contributed by atoms with E-state index in [0.29, 0.717) is 18.2 Å². The molecule has 0 aliphatic heterocycles. The standard InChI is InChI=1S/C17H21NO2/c1-12(2)13-7-8-17(19-3)14(9-13)11-20-16-6-4-5-15(18)10-16/h4-10,12H,11,18H2,1-3H3. The molecule has 0 saturated carbocycles. The molecule has 0 bridgehead atoms. The normalized spacial score (nSPS) is 10.6. The van der Waals surface area contributed by atoms with Crippen molar-refractivity contribution in [2.45, 2.75) is 26.4 Å². The summed E-state index contributed by atoms with van der Waals surface area (Å²) in [5.41, 5.74) is 8.76. The summed E-state index contributed by atoms with van der Waals surface area (Å²) in [6.07, 6.45) is 0. The van der Waals surface area contributed by atoms with Crippen molar-refractivity contribution in [1.82, 2.24) is 0 Å². The molecule has 0 fully saturated rings. The molecule has 3 heteroatoms. The molecule has 2 rings (SSSR count). The van der Waals surface area contributed by atoms with E-state index in [-0.39, 0.29) is 0 Å². The van der Waals surface area contributed by atoms with Gasteiger partial charge in [-0.3, -0.25) is 0 Å². The summed E-state index contributed by atoms with van der Waals surface area (Å²) < 4.78 is 11.2. The second-order valence-electron chi connectivity index (χ2n) is 5.09. The highest BCUT2D eigenvalue weighted by Gasteiger charge is 2.08. The molecule has 0 amide bonds. The van der Waals surface area contributed by atoms with Gasteiger partial charge in [-0.2, -0.15) is 0 Å². The van der Waals surface area contributed by atoms with Crippen LogP contribution in [0, 0.1) is 0 Å². The highest BCUT2D eigenvalue weighted by molar-refractivity contribution is 5.44. The highest BCUT2D eigenvalue weighted by Crippen LogP contribution is 2.26. The van der Waals surface area contributed by atoms with E-state index in [9.17, 15) is 0 Å². The van der Waals surface area contributed by atoms with Gasteiger partial charge in [0.15, 0.2) is 0 Å². The lowest BCUT2D eigenvalue weighted by Crippen LogP contribution is -2.01. The van der Waals surface area contributed by atoms with Crippen LogP contribution in [0.2, 0.25) is 0 Å². The Labute approximate surface area is 120 Å². The summed E-state index contributed by atoms with van der Waals surface area (Å²) >= 11 is 0. The molecular weight excluding hydrogens is 250 g/mol. The maximum atomic E-state index is 5.79. The molecular formula is C17H21NO2. The Morgan fingerprint density at radius 2 is 1.90 bits per heavy atom. The fraction of sp³-hybridized carbons (Fsp3) is 0.294. The molecule has 0 aliphatic carbocycles. The summed E-state index contributed by atoms with van der Waals surface area (Å²) in [5.74, 6) is 2.09. The molecule has 0 unspecified atom stereocenters. The van der Waals surface area contributed by atoms with Crippen LogP contribution in [0.5, 0.6) is 11.5 Å². The molecule has 2 aromatic rings. The number of benzene rings is 2. The number of ether oxygens (including phenoxy) is 2. The fourth-order valence-corrected chi connectivity index (χ4v) is 2.04. The number of hydrogen-bond donors (Lipinski definition) is 1. The van der Waals surface area contributed by atoms with Gasteiger partial charge in [0.2, 0.25) is 0 Å². The van der Waals surface area contributed by atoms with Crippen LogP contribution in [0.15, 0.2) is 42.5 Å². The Balaban J connectivity index is 2.17. The van der Waals surface area contributed by atoms with Crippen molar-refractivity contribution in [2.24, 2.45) is 0 Å². The van der Waals surface area contributed by atoms with E-state index in [2.05, 4.69) is 26.0 Å². The van der Waals surface area contributed by atoms with E-state index in [0.717, 1.165) is 17.1 Å². The van der Waals surface area contributed by atoms with E-state index >= 15 is 0 Å². The second-order valence-corrected chi connectivity index (χ2v) is 5.09. The number of hydrogen-bond acceptors (Lipinski definition) is 3. The van der Waals surface area contributed by atoms with Gasteiger partial charge < -0.3 is 15.2 Å². The molecule has 0 heterocycles. The molecule has 0 saturated heterocycles. The Kier molecular flexibility index (Phi) is 4.51. The van der Waals surface area contributed by atoms with Gasteiger partial charge >= 0.3 is 0 Å². The Hall–Kier alpha value is -2.16. The topological polar surface area (TPSA) is 44.5 Å². The minimum absolute atomic E-state index is 0.465. The minimum Gasteiger partial charge on any atom is -0.496 e. The molecule has 0 aliphatic rings. The van der Waals surface area contributed by atoms with Crippen LogP contribution in [-0.2, 0) is 6.61 Å². The SMILES string of the molecule is COc1ccc(C(C)C)cc1COc1cccc(N)c1. The molecule has 106 valence electrons. The van der Waals surface area contributed by atoms with Gasteiger partial charge in [0.25, 0.3) is 0 Å². The first-order valence-corrected chi connectivity index (χ1v) is 6.75. The van der Waals surface area contributed by atoms with Crippen molar-refractivity contribution < 1.29 is 9.47 Å². The van der Waals surface area contributed by atoms with Gasteiger partial charge in [-0.25, -0.2) is 0 Å². The molecule has 2 aromatic carbocycles. The zero-order chi connectivity index (χ0) is 14.5. The maximum absolute atomic E-state index is 5.79. The van der Waals surface area contributed by atoms with Crippen molar-refractivity contribution in [3.05, 3.63) is 53.6 Å². The lowest BCUT2D eigenvalue weighted by Gasteiger charge is -2.14. The Morgan fingerprint density at radius 3 is 2.55 bits per heavy atom. The number of methoxy groups -OCH3 is 1. The predicted molar refractivity (Wildman–Crippen MR) is 82.3 cm³/mol. The highest BCUT2D eigenvalue weighted by atomic mass is 16.5. The van der Waals surface area contributed by atoms with Gasteiger partial charge in [-0.05, 0) is 35.7 Å². The van der Waals surface area contributed by atoms with Crippen LogP contribution >= 0.6 is 0 Å². The third-order valence-corrected chi connectivity index (χ3v) is 3.22. The molecule has 0 radical (unpaired) electrons. The van der Waals surface area contributed by atoms with Crippen LogP contribution in [0.1, 0.15) is 30.9 Å². The van der Waals surface area contributed by atoms with E-state index in [4.69, 9.17) is 15.2 Å². The van der Waals surface area contributed by atoms with Crippen LogP contribution in [0.3, 0.4) is 0 Å². The van der Waals surface area contributed by atoms with Gasteiger partial charge in [0, 0.05) is 17.3 Å². The third kappa shape index (κ3) is 3.44. The summed E-state index contributed by atoms with van der Waals surface area (Å²) in [4.78, 5) is 0. The van der Waals surface area contributed by atoms with Crippen molar-refractivity contribution in [2.75, 3.05) is 12.8 Å². The molecule has 0 spiro atoms. The maximum Gasteiger partial charge on any atom is 0.125 e.